The number of terminal acetylenes is 1. The Kier molecular flexibility index (Phi) is 21.8. The molecule has 85 heavy (non-hydrogen) atoms. The summed E-state index contributed by atoms with van der Waals surface area (Å²) < 4.78 is 17.9. The van der Waals surface area contributed by atoms with E-state index in [2.05, 4.69) is 86.8 Å². The fraction of sp³-hybridized carbons (Fsp3) is 0.515. The first-order valence-corrected chi connectivity index (χ1v) is 31.0. The number of aliphatic hydroxyl groups excluding tert-OH is 1. The Morgan fingerprint density at radius 3 is 2.40 bits per heavy atom. The highest BCUT2D eigenvalue weighted by Gasteiger charge is 2.50. The summed E-state index contributed by atoms with van der Waals surface area (Å²) in [6, 6.07) is 18.7. The van der Waals surface area contributed by atoms with Crippen LogP contribution in [0.4, 0.5) is 0 Å². The van der Waals surface area contributed by atoms with Crippen molar-refractivity contribution in [1.82, 2.24) is 30.5 Å². The second-order valence-corrected chi connectivity index (χ2v) is 26.1. The van der Waals surface area contributed by atoms with Crippen LogP contribution in [-0.2, 0) is 46.4 Å². The molecule has 1 aliphatic heterocycles. The molecule has 1 saturated heterocycles. The lowest BCUT2D eigenvalue weighted by Crippen LogP contribution is -2.57. The maximum absolute atomic E-state index is 14.1. The highest BCUT2D eigenvalue weighted by atomic mass is 35.5. The van der Waals surface area contributed by atoms with E-state index in [9.17, 15) is 25.0 Å². The number of halogens is 1. The summed E-state index contributed by atoms with van der Waals surface area (Å²) in [6.07, 6.45) is 22.2. The summed E-state index contributed by atoms with van der Waals surface area (Å²) >= 11 is 9.24. The Morgan fingerprint density at radius 2 is 1.72 bits per heavy atom. The van der Waals surface area contributed by atoms with E-state index >= 15 is 0 Å². The minimum atomic E-state index is -0.959. The molecule has 3 aromatic heterocycles. The van der Waals surface area contributed by atoms with Crippen molar-refractivity contribution in [2.45, 2.75) is 171 Å². The second kappa shape index (κ2) is 28.8. The SMILES string of the molecule is C#CC1(OCCOCCOCCC(=O)N[C@H](C(=O)N2C[C@H](O)C[C@H]2C(=O)NCc2ccc(-c3scnc3C)cc2)C(C)(C)C)CCC(CCC2(N)CCC(Cl)(c3ncc(-c4cccnc4)cc3/C=C/c3ccc(C)c(CCC)c3)C2)(N=[N+]=[N-])CC1. The molecule has 0 radical (unpaired) electrons. The van der Waals surface area contributed by atoms with E-state index in [4.69, 9.17) is 43.0 Å². The van der Waals surface area contributed by atoms with Crippen molar-refractivity contribution >= 4 is 52.8 Å². The van der Waals surface area contributed by atoms with Gasteiger partial charge in [-0.1, -0.05) is 106 Å². The van der Waals surface area contributed by atoms with Crippen LogP contribution in [0, 0.1) is 31.6 Å². The van der Waals surface area contributed by atoms with Crippen molar-refractivity contribution in [3.05, 3.63) is 134 Å². The van der Waals surface area contributed by atoms with Crippen LogP contribution < -0.4 is 16.4 Å². The molecular weight excluding hydrogens is 1110 g/mol. The lowest BCUT2D eigenvalue weighted by atomic mass is 9.71. The van der Waals surface area contributed by atoms with E-state index in [-0.39, 0.29) is 70.8 Å². The van der Waals surface area contributed by atoms with Crippen molar-refractivity contribution in [3.63, 3.8) is 0 Å². The fourth-order valence-corrected chi connectivity index (χ4v) is 13.3. The van der Waals surface area contributed by atoms with Crippen LogP contribution in [0.5, 0.6) is 0 Å². The Morgan fingerprint density at radius 1 is 0.965 bits per heavy atom. The number of aryl methyl sites for hydroxylation is 3. The average Bonchev–Trinajstić information content (AvgIpc) is 2.24. The highest BCUT2D eigenvalue weighted by Crippen LogP contribution is 2.52. The lowest BCUT2D eigenvalue weighted by Gasteiger charge is -2.42. The van der Waals surface area contributed by atoms with E-state index in [0.29, 0.717) is 57.8 Å². The summed E-state index contributed by atoms with van der Waals surface area (Å²) in [5.41, 5.74) is 26.3. The van der Waals surface area contributed by atoms with Gasteiger partial charge in [-0.3, -0.25) is 24.4 Å². The van der Waals surface area contributed by atoms with Gasteiger partial charge in [-0.25, -0.2) is 4.98 Å². The maximum Gasteiger partial charge on any atom is 0.246 e. The Bertz CT molecular complexity index is 3220. The molecule has 4 heterocycles. The molecule has 5 atom stereocenters. The van der Waals surface area contributed by atoms with Gasteiger partial charge in [-0.05, 0) is 135 Å². The number of thiazole rings is 1. The van der Waals surface area contributed by atoms with E-state index in [1.165, 1.54) is 16.0 Å². The Hall–Kier alpha value is -6.52. The summed E-state index contributed by atoms with van der Waals surface area (Å²) in [6.45, 7) is 13.1. The lowest BCUT2D eigenvalue weighted by molar-refractivity contribution is -0.144. The molecule has 2 aromatic carbocycles. The molecule has 0 spiro atoms. The zero-order valence-electron chi connectivity index (χ0n) is 50.1. The first kappa shape index (κ1) is 64.5. The zero-order chi connectivity index (χ0) is 60.8. The summed E-state index contributed by atoms with van der Waals surface area (Å²) in [5.74, 6) is 1.70. The molecule has 2 saturated carbocycles. The normalized spacial score (nSPS) is 23.6. The van der Waals surface area contributed by atoms with E-state index in [1.54, 1.807) is 17.5 Å². The molecule has 3 aliphatic rings. The number of likely N-dealkylation sites (tertiary alicyclic amines) is 1. The van der Waals surface area contributed by atoms with Gasteiger partial charge in [-0.2, -0.15) is 0 Å². The number of nitrogens with zero attached hydrogens (tertiary/aromatic N) is 7. The van der Waals surface area contributed by atoms with Gasteiger partial charge in [0, 0.05) is 71.6 Å². The third-order valence-electron chi connectivity index (χ3n) is 17.1. The summed E-state index contributed by atoms with van der Waals surface area (Å²) in [5, 5.41) is 20.9. The van der Waals surface area contributed by atoms with Crippen molar-refractivity contribution in [1.29, 1.82) is 0 Å². The third-order valence-corrected chi connectivity index (χ3v) is 18.6. The maximum atomic E-state index is 14.1. The predicted octanol–water partition coefficient (Wildman–Crippen LogP) is 11.3. The van der Waals surface area contributed by atoms with Crippen LogP contribution in [0.2, 0.25) is 0 Å². The van der Waals surface area contributed by atoms with Crippen molar-refractivity contribution in [2.75, 3.05) is 39.6 Å². The number of benzene rings is 2. The molecule has 5 N–H and O–H groups in total. The number of amides is 3. The molecule has 452 valence electrons. The number of carbonyl (C=O) groups excluding carboxylic acids is 3. The molecule has 8 rings (SSSR count). The van der Waals surface area contributed by atoms with Crippen LogP contribution in [-0.4, -0.2) is 117 Å². The molecule has 2 unspecified atom stereocenters. The van der Waals surface area contributed by atoms with Gasteiger partial charge in [0.15, 0.2) is 0 Å². The van der Waals surface area contributed by atoms with E-state index < -0.39 is 51.1 Å². The van der Waals surface area contributed by atoms with Crippen molar-refractivity contribution < 1.29 is 33.7 Å². The highest BCUT2D eigenvalue weighted by molar-refractivity contribution is 7.13. The van der Waals surface area contributed by atoms with Gasteiger partial charge in [0.05, 0.1) is 65.8 Å². The number of β-amino-alcohol motifs (C(OH)–C–C–N with tert-alkyl or cyclic N) is 1. The molecule has 3 amide bonds. The third kappa shape index (κ3) is 16.7. The van der Waals surface area contributed by atoms with Gasteiger partial charge in [0.25, 0.3) is 0 Å². The minimum absolute atomic E-state index is 0.00754. The van der Waals surface area contributed by atoms with Crippen molar-refractivity contribution in [2.24, 2.45) is 16.3 Å². The zero-order valence-corrected chi connectivity index (χ0v) is 51.7. The number of pyridine rings is 2. The standard InChI is InChI=1S/C66H83ClN10O7S/c1-8-11-50-36-47(14-13-45(50)3)15-20-51-37-53(52-12-10-30-70-40-52)41-71-58(51)66(67)29-23-63(68,43-66)22-24-64(75-76-69)25-27-65(9-2,28-26-64)84-35-34-83-33-32-82-31-21-56(79)74-59(62(5,6)7)61(81)77-42-54(78)38-55(77)60(80)72-39-48-16-18-49(19-17-48)57-46(4)73-44-85-57/h2,10,12-20,30,36-37,40-41,44,54-55,59,78H,8,11,21-29,31-35,38-39,42-43,68H2,1,3-7H3,(H,72,80)(H,74,79)/b20-15+/t54-,55+,59-,63?,64?,65?,66?/m1/s1. The van der Waals surface area contributed by atoms with Crippen LogP contribution in [0.25, 0.3) is 44.2 Å². The number of rotatable bonds is 26. The predicted molar refractivity (Wildman–Crippen MR) is 335 cm³/mol. The topological polar surface area (TPSA) is 240 Å². The van der Waals surface area contributed by atoms with Crippen molar-refractivity contribution in [3.8, 4) is 33.9 Å². The first-order valence-electron chi connectivity index (χ1n) is 29.7. The number of aliphatic hydroxyl groups is 1. The minimum Gasteiger partial charge on any atom is -0.391 e. The number of ether oxygens (including phenoxy) is 3. The van der Waals surface area contributed by atoms with Gasteiger partial charge in [0.2, 0.25) is 17.7 Å². The van der Waals surface area contributed by atoms with Gasteiger partial charge in [-0.15, -0.1) is 29.4 Å². The number of nitrogens with one attached hydrogen (secondary N) is 2. The first-order chi connectivity index (χ1) is 40.7. The molecular formula is C66H83ClN10O7S. The molecule has 5 aromatic rings. The van der Waals surface area contributed by atoms with Gasteiger partial charge < -0.3 is 40.6 Å². The van der Waals surface area contributed by atoms with Crippen LogP contribution in [0.1, 0.15) is 144 Å². The number of nitrogens with two attached hydrogens (primary N) is 1. The Balaban J connectivity index is 0.759. The average molecular weight is 1200 g/mol. The molecule has 0 bridgehead atoms. The van der Waals surface area contributed by atoms with E-state index in [0.717, 1.165) is 62.5 Å². The fourth-order valence-electron chi connectivity index (χ4n) is 12.0. The molecule has 17 nitrogen and oxygen atoms in total. The van der Waals surface area contributed by atoms with Crippen LogP contribution >= 0.6 is 22.9 Å². The summed E-state index contributed by atoms with van der Waals surface area (Å²) in [4.78, 5) is 59.6. The largest absolute Gasteiger partial charge is 0.391 e. The summed E-state index contributed by atoms with van der Waals surface area (Å²) in [7, 11) is 0. The van der Waals surface area contributed by atoms with E-state index in [1.807, 2.05) is 82.0 Å². The molecule has 2 aliphatic carbocycles. The molecule has 3 fully saturated rings. The van der Waals surface area contributed by atoms with Crippen LogP contribution in [0.15, 0.2) is 89.9 Å². The number of hydrogen-bond donors (Lipinski definition) is 4. The number of azide groups is 1. The molecule has 19 heteroatoms. The number of aromatic nitrogens is 3. The number of alkyl halides is 1. The monoisotopic (exact) mass is 1190 g/mol. The quantitative estimate of drug-likeness (QED) is 0.0101. The van der Waals surface area contributed by atoms with Crippen LogP contribution in [0.3, 0.4) is 0 Å². The number of carbonyl (C=O) groups is 3. The van der Waals surface area contributed by atoms with Gasteiger partial charge >= 0.3 is 0 Å². The van der Waals surface area contributed by atoms with Gasteiger partial charge in [0.1, 0.15) is 17.7 Å². The number of hydrogen-bond acceptors (Lipinski definition) is 13. The Labute approximate surface area is 509 Å². The second-order valence-electron chi connectivity index (χ2n) is 24.5. The smallest absolute Gasteiger partial charge is 0.246 e.